The Morgan fingerprint density at radius 1 is 1.33 bits per heavy atom. The van der Waals surface area contributed by atoms with Crippen molar-refractivity contribution in [2.45, 2.75) is 6.54 Å². The number of aliphatic carboxylic acids is 1. The molecule has 1 amide bonds. The van der Waals surface area contributed by atoms with Crippen molar-refractivity contribution in [3.05, 3.63) is 48.6 Å². The average Bonchev–Trinajstić information content (AvgIpc) is 2.36. The monoisotopic (exact) mass is 249 g/mol. The Balaban J connectivity index is 2.68. The van der Waals surface area contributed by atoms with Crippen LogP contribution in [-0.4, -0.2) is 35.2 Å². The lowest BCUT2D eigenvalue weighted by Gasteiger charge is -2.19. The van der Waals surface area contributed by atoms with Crippen LogP contribution in [0.5, 0.6) is 0 Å². The molecule has 5 nitrogen and oxygen atoms in total. The molecule has 0 spiro atoms. The van der Waals surface area contributed by atoms with Gasteiger partial charge in [-0.05, 0) is 5.56 Å². The quantitative estimate of drug-likeness (QED) is 0.782. The number of carbonyl (C=O) groups is 2. The Kier molecular flexibility index (Phi) is 5.44. The van der Waals surface area contributed by atoms with Crippen LogP contribution in [-0.2, 0) is 16.1 Å². The van der Waals surface area contributed by atoms with Crippen LogP contribution in [0.2, 0.25) is 0 Å². The third-order valence-electron chi connectivity index (χ3n) is 2.13. The SMILES string of the molecule is C=CCOC(=O)N(CC(=O)O)Cc1ccccc1. The van der Waals surface area contributed by atoms with E-state index in [1.165, 1.54) is 6.08 Å². The van der Waals surface area contributed by atoms with Crippen LogP contribution >= 0.6 is 0 Å². The zero-order valence-electron chi connectivity index (χ0n) is 9.91. The molecule has 0 fully saturated rings. The minimum atomic E-state index is -1.08. The maximum absolute atomic E-state index is 11.6. The fourth-order valence-electron chi connectivity index (χ4n) is 1.37. The Bertz CT molecular complexity index is 416. The first-order valence-corrected chi connectivity index (χ1v) is 5.42. The van der Waals surface area contributed by atoms with Crippen LogP contribution < -0.4 is 0 Å². The van der Waals surface area contributed by atoms with Gasteiger partial charge in [-0.1, -0.05) is 43.0 Å². The van der Waals surface area contributed by atoms with Gasteiger partial charge in [0.1, 0.15) is 13.2 Å². The molecule has 1 aromatic rings. The summed E-state index contributed by atoms with van der Waals surface area (Å²) in [6.07, 6.45) is 0.764. The van der Waals surface area contributed by atoms with Crippen LogP contribution in [0.15, 0.2) is 43.0 Å². The highest BCUT2D eigenvalue weighted by Gasteiger charge is 2.18. The van der Waals surface area contributed by atoms with Crippen LogP contribution in [0.25, 0.3) is 0 Å². The second-order valence-corrected chi connectivity index (χ2v) is 3.60. The Hall–Kier alpha value is -2.30. The van der Waals surface area contributed by atoms with E-state index in [1.54, 1.807) is 0 Å². The van der Waals surface area contributed by atoms with Crippen LogP contribution in [0.3, 0.4) is 0 Å². The fraction of sp³-hybridized carbons (Fsp3) is 0.231. The van der Waals surface area contributed by atoms with Gasteiger partial charge >= 0.3 is 12.1 Å². The summed E-state index contributed by atoms with van der Waals surface area (Å²) in [5, 5.41) is 8.77. The maximum Gasteiger partial charge on any atom is 0.410 e. The van der Waals surface area contributed by atoms with Crippen molar-refractivity contribution in [2.24, 2.45) is 0 Å². The summed E-state index contributed by atoms with van der Waals surface area (Å²) in [6, 6.07) is 9.12. The summed E-state index contributed by atoms with van der Waals surface area (Å²) in [7, 11) is 0. The molecule has 0 radical (unpaired) electrons. The van der Waals surface area contributed by atoms with Gasteiger partial charge in [0.2, 0.25) is 0 Å². The van der Waals surface area contributed by atoms with Gasteiger partial charge in [0.15, 0.2) is 0 Å². The van der Waals surface area contributed by atoms with E-state index in [0.717, 1.165) is 10.5 Å². The van der Waals surface area contributed by atoms with Gasteiger partial charge in [0, 0.05) is 6.54 Å². The summed E-state index contributed by atoms with van der Waals surface area (Å²) in [4.78, 5) is 23.5. The fourth-order valence-corrected chi connectivity index (χ4v) is 1.37. The van der Waals surface area contributed by atoms with Crippen molar-refractivity contribution in [1.82, 2.24) is 4.90 Å². The highest BCUT2D eigenvalue weighted by Crippen LogP contribution is 2.06. The summed E-state index contributed by atoms with van der Waals surface area (Å²) in [6.45, 7) is 3.28. The molecule has 0 aliphatic carbocycles. The second kappa shape index (κ2) is 7.11. The molecular formula is C13H15NO4. The van der Waals surface area contributed by atoms with E-state index < -0.39 is 18.6 Å². The first-order valence-electron chi connectivity index (χ1n) is 5.42. The third-order valence-corrected chi connectivity index (χ3v) is 2.13. The molecule has 0 saturated carbocycles. The number of ether oxygens (including phenoxy) is 1. The average molecular weight is 249 g/mol. The number of nitrogens with zero attached hydrogens (tertiary/aromatic N) is 1. The molecule has 0 heterocycles. The molecule has 96 valence electrons. The van der Waals surface area contributed by atoms with Crippen LogP contribution in [0.1, 0.15) is 5.56 Å². The number of carbonyl (C=O) groups excluding carboxylic acids is 1. The molecule has 0 aromatic heterocycles. The molecule has 1 N–H and O–H groups in total. The van der Waals surface area contributed by atoms with E-state index in [9.17, 15) is 9.59 Å². The number of carboxylic acids is 1. The highest BCUT2D eigenvalue weighted by atomic mass is 16.6. The van der Waals surface area contributed by atoms with E-state index in [2.05, 4.69) is 6.58 Å². The smallest absolute Gasteiger partial charge is 0.410 e. The van der Waals surface area contributed by atoms with Gasteiger partial charge in [-0.15, -0.1) is 0 Å². The van der Waals surface area contributed by atoms with Gasteiger partial charge in [0.05, 0.1) is 0 Å². The summed E-state index contributed by atoms with van der Waals surface area (Å²) in [5.41, 5.74) is 0.842. The van der Waals surface area contributed by atoms with Crippen molar-refractivity contribution >= 4 is 12.1 Å². The molecular weight excluding hydrogens is 234 g/mol. The van der Waals surface area contributed by atoms with Crippen molar-refractivity contribution in [2.75, 3.05) is 13.2 Å². The van der Waals surface area contributed by atoms with Crippen LogP contribution in [0.4, 0.5) is 4.79 Å². The normalized spacial score (nSPS) is 9.56. The molecule has 0 aliphatic heterocycles. The van der Waals surface area contributed by atoms with Crippen molar-refractivity contribution < 1.29 is 19.4 Å². The number of amides is 1. The molecule has 1 aromatic carbocycles. The minimum Gasteiger partial charge on any atom is -0.480 e. The van der Waals surface area contributed by atoms with E-state index in [4.69, 9.17) is 9.84 Å². The minimum absolute atomic E-state index is 0.0593. The van der Waals surface area contributed by atoms with Gasteiger partial charge in [-0.2, -0.15) is 0 Å². The van der Waals surface area contributed by atoms with E-state index >= 15 is 0 Å². The van der Waals surface area contributed by atoms with Crippen molar-refractivity contribution in [3.63, 3.8) is 0 Å². The molecule has 0 bridgehead atoms. The topological polar surface area (TPSA) is 66.8 Å². The Morgan fingerprint density at radius 3 is 2.56 bits per heavy atom. The molecule has 0 saturated heterocycles. The lowest BCUT2D eigenvalue weighted by atomic mass is 10.2. The number of benzene rings is 1. The van der Waals surface area contributed by atoms with Crippen molar-refractivity contribution in [1.29, 1.82) is 0 Å². The molecule has 0 atom stereocenters. The number of hydrogen-bond donors (Lipinski definition) is 1. The summed E-state index contributed by atoms with van der Waals surface area (Å²) >= 11 is 0. The van der Waals surface area contributed by atoms with Gasteiger partial charge < -0.3 is 9.84 Å². The predicted molar refractivity (Wildman–Crippen MR) is 66.0 cm³/mol. The first-order chi connectivity index (χ1) is 8.63. The third kappa shape index (κ3) is 4.69. The van der Waals surface area contributed by atoms with E-state index in [0.29, 0.717) is 0 Å². The largest absolute Gasteiger partial charge is 0.480 e. The standard InChI is InChI=1S/C13H15NO4/c1-2-8-18-13(17)14(10-12(15)16)9-11-6-4-3-5-7-11/h2-7H,1,8-10H2,(H,15,16). The van der Waals surface area contributed by atoms with Gasteiger partial charge in [-0.3, -0.25) is 9.69 Å². The van der Waals surface area contributed by atoms with Crippen molar-refractivity contribution in [3.8, 4) is 0 Å². The summed E-state index contributed by atoms with van der Waals surface area (Å²) < 4.78 is 4.83. The number of rotatable bonds is 6. The molecule has 18 heavy (non-hydrogen) atoms. The lowest BCUT2D eigenvalue weighted by Crippen LogP contribution is -2.35. The zero-order valence-corrected chi connectivity index (χ0v) is 9.91. The van der Waals surface area contributed by atoms with Gasteiger partial charge in [-0.25, -0.2) is 4.79 Å². The first kappa shape index (κ1) is 13.8. The van der Waals surface area contributed by atoms with E-state index in [1.807, 2.05) is 30.3 Å². The maximum atomic E-state index is 11.6. The zero-order chi connectivity index (χ0) is 13.4. The molecule has 1 rings (SSSR count). The highest BCUT2D eigenvalue weighted by molar-refractivity contribution is 5.76. The van der Waals surface area contributed by atoms with Crippen LogP contribution in [0, 0.1) is 0 Å². The Morgan fingerprint density at radius 2 is 2.00 bits per heavy atom. The van der Waals surface area contributed by atoms with E-state index in [-0.39, 0.29) is 13.2 Å². The Labute approximate surface area is 105 Å². The molecule has 0 unspecified atom stereocenters. The predicted octanol–water partition coefficient (Wildman–Crippen LogP) is 1.90. The molecule has 0 aliphatic rings. The second-order valence-electron chi connectivity index (χ2n) is 3.60. The number of carboxylic acid groups (broad SMARTS) is 1. The summed E-state index contributed by atoms with van der Waals surface area (Å²) in [5.74, 6) is -1.08. The number of hydrogen-bond acceptors (Lipinski definition) is 3. The molecule has 5 heteroatoms. The van der Waals surface area contributed by atoms with Gasteiger partial charge in [0.25, 0.3) is 0 Å². The lowest BCUT2D eigenvalue weighted by molar-refractivity contribution is -0.138.